The van der Waals surface area contributed by atoms with Gasteiger partial charge >= 0.3 is 0 Å². The summed E-state index contributed by atoms with van der Waals surface area (Å²) in [6, 6.07) is 6.46. The fourth-order valence-corrected chi connectivity index (χ4v) is 2.86. The van der Waals surface area contributed by atoms with E-state index in [1.165, 1.54) is 12.1 Å². The third-order valence-corrected chi connectivity index (χ3v) is 4.24. The Morgan fingerprint density at radius 1 is 1.40 bits per heavy atom. The number of aromatic nitrogens is 5. The largest absolute Gasteiger partial charge is 0.332 e. The monoisotopic (exact) mass is 343 g/mol. The lowest BCUT2D eigenvalue weighted by atomic mass is 10.2. The van der Waals surface area contributed by atoms with Gasteiger partial charge in [-0.05, 0) is 24.7 Å². The van der Waals surface area contributed by atoms with Crippen molar-refractivity contribution in [2.45, 2.75) is 12.6 Å². The average molecular weight is 343 g/mol. The molecule has 0 saturated carbocycles. The summed E-state index contributed by atoms with van der Waals surface area (Å²) in [5.41, 5.74) is 1.30. The fraction of sp³-hybridized carbons (Fsp3) is 0.375. The van der Waals surface area contributed by atoms with Crippen molar-refractivity contribution in [2.24, 2.45) is 0 Å². The molecule has 3 aromatic rings. The Bertz CT molecular complexity index is 862. The highest BCUT2D eigenvalue weighted by atomic mass is 19.1. The summed E-state index contributed by atoms with van der Waals surface area (Å²) in [5, 5.41) is 15.5. The second-order valence-corrected chi connectivity index (χ2v) is 6.09. The smallest absolute Gasteiger partial charge is 0.280 e. The van der Waals surface area contributed by atoms with Crippen LogP contribution in [-0.4, -0.2) is 56.7 Å². The minimum Gasteiger partial charge on any atom is -0.332 e. The molecule has 0 spiro atoms. The van der Waals surface area contributed by atoms with Gasteiger partial charge < -0.3 is 9.84 Å². The lowest BCUT2D eigenvalue weighted by Crippen LogP contribution is -2.44. The first-order valence-corrected chi connectivity index (χ1v) is 8.08. The molecule has 1 atom stereocenters. The molecular weight excluding hydrogens is 325 g/mol. The van der Waals surface area contributed by atoms with E-state index in [0.717, 1.165) is 25.2 Å². The van der Waals surface area contributed by atoms with Crippen LogP contribution in [-0.2, 0) is 6.54 Å². The summed E-state index contributed by atoms with van der Waals surface area (Å²) in [4.78, 5) is 6.64. The van der Waals surface area contributed by atoms with Crippen LogP contribution < -0.4 is 5.32 Å². The summed E-state index contributed by atoms with van der Waals surface area (Å²) in [6.45, 7) is 3.08. The number of hydrogen-bond donors (Lipinski definition) is 1. The zero-order valence-corrected chi connectivity index (χ0v) is 13.8. The summed E-state index contributed by atoms with van der Waals surface area (Å²) in [7, 11) is 2.04. The SMILES string of the molecule is CN1CCNCC1c1noc(-c2cn(Cc3cccc(F)c3)nn2)n1. The Labute approximate surface area is 143 Å². The van der Waals surface area contributed by atoms with Gasteiger partial charge in [0.15, 0.2) is 11.5 Å². The highest BCUT2D eigenvalue weighted by Crippen LogP contribution is 2.21. The van der Waals surface area contributed by atoms with Crippen molar-refractivity contribution in [2.75, 3.05) is 26.7 Å². The van der Waals surface area contributed by atoms with Gasteiger partial charge in [0.25, 0.3) is 5.89 Å². The normalized spacial score (nSPS) is 18.6. The molecule has 1 fully saturated rings. The van der Waals surface area contributed by atoms with Crippen molar-refractivity contribution in [3.8, 4) is 11.6 Å². The lowest BCUT2D eigenvalue weighted by molar-refractivity contribution is 0.190. The molecule has 3 heterocycles. The predicted molar refractivity (Wildman–Crippen MR) is 87.1 cm³/mol. The van der Waals surface area contributed by atoms with Crippen LogP contribution in [0.15, 0.2) is 35.0 Å². The van der Waals surface area contributed by atoms with Crippen LogP contribution in [0.5, 0.6) is 0 Å². The Kier molecular flexibility index (Phi) is 4.24. The van der Waals surface area contributed by atoms with Crippen LogP contribution >= 0.6 is 0 Å². The van der Waals surface area contributed by atoms with E-state index in [9.17, 15) is 4.39 Å². The molecule has 9 heteroatoms. The standard InChI is InChI=1S/C16H18FN7O/c1-23-6-5-18-8-14(23)15-19-16(25-21-15)13-10-24(22-20-13)9-11-3-2-4-12(17)7-11/h2-4,7,10,14,18H,5-6,8-9H2,1H3. The molecule has 0 bridgehead atoms. The molecule has 1 aromatic carbocycles. The van der Waals surface area contributed by atoms with Crippen molar-refractivity contribution < 1.29 is 8.91 Å². The van der Waals surface area contributed by atoms with Gasteiger partial charge in [-0.3, -0.25) is 4.90 Å². The summed E-state index contributed by atoms with van der Waals surface area (Å²) in [5.74, 6) is 0.688. The minimum absolute atomic E-state index is 0.0774. The second-order valence-electron chi connectivity index (χ2n) is 6.09. The highest BCUT2D eigenvalue weighted by Gasteiger charge is 2.26. The summed E-state index contributed by atoms with van der Waals surface area (Å²) < 4.78 is 20.2. The van der Waals surface area contributed by atoms with Gasteiger partial charge in [0, 0.05) is 19.6 Å². The Morgan fingerprint density at radius 3 is 3.16 bits per heavy atom. The molecule has 1 aliphatic heterocycles. The van der Waals surface area contributed by atoms with Gasteiger partial charge in [-0.15, -0.1) is 5.10 Å². The van der Waals surface area contributed by atoms with Crippen LogP contribution in [0.25, 0.3) is 11.6 Å². The third kappa shape index (κ3) is 3.42. The molecule has 0 aliphatic carbocycles. The summed E-state index contributed by atoms with van der Waals surface area (Å²) in [6.07, 6.45) is 1.71. The molecule has 8 nitrogen and oxygen atoms in total. The van der Waals surface area contributed by atoms with Gasteiger partial charge in [0.05, 0.1) is 18.8 Å². The van der Waals surface area contributed by atoms with E-state index in [1.807, 2.05) is 13.1 Å². The second kappa shape index (κ2) is 6.69. The number of hydrogen-bond acceptors (Lipinski definition) is 7. The molecule has 0 amide bonds. The third-order valence-electron chi connectivity index (χ3n) is 4.24. The number of halogens is 1. The first kappa shape index (κ1) is 15.9. The van der Waals surface area contributed by atoms with Crippen LogP contribution in [0.1, 0.15) is 17.4 Å². The van der Waals surface area contributed by atoms with Gasteiger partial charge in [-0.25, -0.2) is 9.07 Å². The van der Waals surface area contributed by atoms with E-state index < -0.39 is 0 Å². The number of rotatable bonds is 4. The van der Waals surface area contributed by atoms with E-state index in [4.69, 9.17) is 4.52 Å². The Morgan fingerprint density at radius 2 is 2.32 bits per heavy atom. The van der Waals surface area contributed by atoms with Gasteiger partial charge in [0.1, 0.15) is 5.82 Å². The zero-order chi connectivity index (χ0) is 17.2. The number of nitrogens with one attached hydrogen (secondary N) is 1. The number of benzene rings is 1. The van der Waals surface area contributed by atoms with Gasteiger partial charge in [0.2, 0.25) is 0 Å². The fourth-order valence-electron chi connectivity index (χ4n) is 2.86. The van der Waals surface area contributed by atoms with E-state index in [0.29, 0.717) is 24.0 Å². The number of likely N-dealkylation sites (N-methyl/N-ethyl adjacent to an activating group) is 1. The Hall–Kier alpha value is -2.65. The quantitative estimate of drug-likeness (QED) is 0.759. The zero-order valence-electron chi connectivity index (χ0n) is 13.8. The summed E-state index contributed by atoms with van der Waals surface area (Å²) >= 11 is 0. The molecule has 0 radical (unpaired) electrons. The van der Waals surface area contributed by atoms with Crippen LogP contribution in [0.2, 0.25) is 0 Å². The Balaban J connectivity index is 1.50. The highest BCUT2D eigenvalue weighted by molar-refractivity contribution is 5.43. The van der Waals surface area contributed by atoms with Crippen molar-refractivity contribution in [3.05, 3.63) is 47.7 Å². The number of nitrogens with zero attached hydrogens (tertiary/aromatic N) is 6. The molecule has 1 aliphatic rings. The maximum Gasteiger partial charge on any atom is 0.280 e. The maximum absolute atomic E-state index is 13.3. The topological polar surface area (TPSA) is 84.9 Å². The van der Waals surface area contributed by atoms with Crippen molar-refractivity contribution >= 4 is 0 Å². The first-order chi connectivity index (χ1) is 12.2. The number of piperazine rings is 1. The van der Waals surface area contributed by atoms with Gasteiger partial charge in [-0.1, -0.05) is 22.5 Å². The van der Waals surface area contributed by atoms with E-state index >= 15 is 0 Å². The molecule has 4 rings (SSSR count). The molecular formula is C16H18FN7O. The van der Waals surface area contributed by atoms with E-state index in [2.05, 4.69) is 30.7 Å². The average Bonchev–Trinajstić information content (AvgIpc) is 3.24. The van der Waals surface area contributed by atoms with Crippen molar-refractivity contribution in [1.29, 1.82) is 0 Å². The van der Waals surface area contributed by atoms with Crippen LogP contribution in [0.4, 0.5) is 4.39 Å². The van der Waals surface area contributed by atoms with Crippen molar-refractivity contribution in [1.82, 2.24) is 35.4 Å². The molecule has 25 heavy (non-hydrogen) atoms. The first-order valence-electron chi connectivity index (χ1n) is 8.08. The molecule has 1 saturated heterocycles. The van der Waals surface area contributed by atoms with E-state index in [-0.39, 0.29) is 11.9 Å². The molecule has 2 aromatic heterocycles. The predicted octanol–water partition coefficient (Wildman–Crippen LogP) is 1.09. The maximum atomic E-state index is 13.3. The molecule has 1 unspecified atom stereocenters. The van der Waals surface area contributed by atoms with E-state index in [1.54, 1.807) is 16.9 Å². The lowest BCUT2D eigenvalue weighted by Gasteiger charge is -2.30. The van der Waals surface area contributed by atoms with Crippen LogP contribution in [0, 0.1) is 5.82 Å². The van der Waals surface area contributed by atoms with Gasteiger partial charge in [-0.2, -0.15) is 4.98 Å². The van der Waals surface area contributed by atoms with Crippen molar-refractivity contribution in [3.63, 3.8) is 0 Å². The minimum atomic E-state index is -0.274. The van der Waals surface area contributed by atoms with Crippen LogP contribution in [0.3, 0.4) is 0 Å². The molecule has 1 N–H and O–H groups in total. The molecule has 130 valence electrons.